The predicted octanol–water partition coefficient (Wildman–Crippen LogP) is 5.78. The lowest BCUT2D eigenvalue weighted by Crippen LogP contribution is -2.72. The van der Waals surface area contributed by atoms with Gasteiger partial charge in [0.05, 0.1) is 0 Å². The number of hydrogen-bond acceptors (Lipinski definition) is 1. The smallest absolute Gasteiger partial charge is 0.460 e. The molecule has 29 heavy (non-hydrogen) atoms. The fourth-order valence-electron chi connectivity index (χ4n) is 1.52. The minimum Gasteiger partial charge on any atom is -0.481 e. The van der Waals surface area contributed by atoms with Crippen LogP contribution in [-0.4, -0.2) is 52.8 Å². The van der Waals surface area contributed by atoms with Crippen LogP contribution >= 0.6 is 0 Å². The van der Waals surface area contributed by atoms with Crippen LogP contribution in [0.15, 0.2) is 12.2 Å². The Labute approximate surface area is 150 Å². The van der Waals surface area contributed by atoms with E-state index in [4.69, 9.17) is 5.11 Å². The quantitative estimate of drug-likeness (QED) is 0.344. The van der Waals surface area contributed by atoms with Crippen molar-refractivity contribution in [2.24, 2.45) is 0 Å². The van der Waals surface area contributed by atoms with Gasteiger partial charge >= 0.3 is 47.7 Å². The molecule has 1 N–H and O–H groups in total. The van der Waals surface area contributed by atoms with Crippen LogP contribution in [0.1, 0.15) is 12.8 Å². The van der Waals surface area contributed by atoms with Gasteiger partial charge in [0.15, 0.2) is 0 Å². The number of alkyl halides is 15. The van der Waals surface area contributed by atoms with Gasteiger partial charge in [-0.1, -0.05) is 6.08 Å². The van der Waals surface area contributed by atoms with E-state index < -0.39 is 66.6 Å². The zero-order valence-electron chi connectivity index (χ0n) is 13.1. The molecule has 0 heterocycles. The summed E-state index contributed by atoms with van der Waals surface area (Å²) in [5.41, 5.74) is 0. The second-order valence-corrected chi connectivity index (χ2v) is 5.33. The second-order valence-electron chi connectivity index (χ2n) is 5.33. The number of rotatable bonds is 9. The lowest BCUT2D eigenvalue weighted by Gasteiger charge is -2.41. The zero-order chi connectivity index (χ0) is 23.9. The third kappa shape index (κ3) is 4.22. The van der Waals surface area contributed by atoms with Gasteiger partial charge < -0.3 is 5.11 Å². The van der Waals surface area contributed by atoms with Crippen molar-refractivity contribution in [3.8, 4) is 0 Å². The predicted molar refractivity (Wildman–Crippen MR) is 61.7 cm³/mol. The Bertz CT molecular complexity index is 632. The number of allylic oxidation sites excluding steroid dienone is 2. The highest BCUT2D eigenvalue weighted by Crippen LogP contribution is 2.62. The SMILES string of the molecule is O=C(O)CC/C=C/C(F)(F)C(F)(F)C(F)(F)C(F)(F)C(F)(F)C(F)(F)C(F)(F)F. The van der Waals surface area contributed by atoms with E-state index >= 15 is 0 Å². The molecule has 2 nitrogen and oxygen atoms in total. The van der Waals surface area contributed by atoms with E-state index in [-0.39, 0.29) is 6.08 Å². The molecule has 0 radical (unpaired) electrons. The van der Waals surface area contributed by atoms with Gasteiger partial charge in [-0.2, -0.15) is 65.9 Å². The Hall–Kier alpha value is -1.84. The first-order valence-corrected chi connectivity index (χ1v) is 6.65. The van der Waals surface area contributed by atoms with Gasteiger partial charge in [-0.05, 0) is 12.5 Å². The zero-order valence-corrected chi connectivity index (χ0v) is 13.1. The van der Waals surface area contributed by atoms with Crippen LogP contribution in [0.5, 0.6) is 0 Å². The molecule has 0 atom stereocenters. The topological polar surface area (TPSA) is 37.3 Å². The number of carboxylic acid groups (broad SMARTS) is 1. The van der Waals surface area contributed by atoms with Gasteiger partial charge in [0.1, 0.15) is 0 Å². The Morgan fingerprint density at radius 3 is 1.31 bits per heavy atom. The highest BCUT2D eigenvalue weighted by Gasteiger charge is 2.93. The molecule has 0 aliphatic rings. The summed E-state index contributed by atoms with van der Waals surface area (Å²) < 4.78 is 192. The van der Waals surface area contributed by atoms with Gasteiger partial charge in [-0.3, -0.25) is 4.79 Å². The largest absolute Gasteiger partial charge is 0.481 e. The Kier molecular flexibility index (Phi) is 6.97. The molecule has 0 amide bonds. The average Bonchev–Trinajstić information content (AvgIpc) is 2.49. The molecule has 172 valence electrons. The summed E-state index contributed by atoms with van der Waals surface area (Å²) in [5, 5.41) is 8.14. The molecule has 0 saturated carbocycles. The average molecular weight is 468 g/mol. The number of hydrogen-bond donors (Lipinski definition) is 1. The summed E-state index contributed by atoms with van der Waals surface area (Å²) in [6.07, 6.45) is -11.4. The van der Waals surface area contributed by atoms with E-state index in [0.717, 1.165) is 0 Å². The fourth-order valence-corrected chi connectivity index (χ4v) is 1.52. The van der Waals surface area contributed by atoms with E-state index in [1.54, 1.807) is 0 Å². The number of aliphatic carboxylic acids is 1. The molecule has 0 saturated heterocycles. The molecule has 0 aliphatic heterocycles. The van der Waals surface area contributed by atoms with Crippen LogP contribution in [0.4, 0.5) is 65.9 Å². The van der Waals surface area contributed by atoms with E-state index in [9.17, 15) is 70.7 Å². The molecule has 0 aromatic rings. The highest BCUT2D eigenvalue weighted by atomic mass is 19.4. The molecule has 0 aromatic heterocycles. The Balaban J connectivity index is 6.25. The van der Waals surface area contributed by atoms with Crippen molar-refractivity contribution in [3.63, 3.8) is 0 Å². The van der Waals surface area contributed by atoms with Gasteiger partial charge in [0, 0.05) is 6.42 Å². The van der Waals surface area contributed by atoms with Crippen molar-refractivity contribution in [2.75, 3.05) is 0 Å². The molecular weight excluding hydrogens is 461 g/mol. The van der Waals surface area contributed by atoms with Crippen LogP contribution in [0.3, 0.4) is 0 Å². The maximum Gasteiger partial charge on any atom is 0.460 e. The summed E-state index contributed by atoms with van der Waals surface area (Å²) in [6.45, 7) is 0. The van der Waals surface area contributed by atoms with Crippen molar-refractivity contribution in [3.05, 3.63) is 12.2 Å². The molecule has 0 bridgehead atoms. The van der Waals surface area contributed by atoms with E-state index in [0.29, 0.717) is 0 Å². The van der Waals surface area contributed by atoms with Crippen LogP contribution in [0.2, 0.25) is 0 Å². The van der Waals surface area contributed by atoms with E-state index in [1.165, 1.54) is 0 Å². The molecule has 0 aromatic carbocycles. The van der Waals surface area contributed by atoms with Crippen LogP contribution in [-0.2, 0) is 4.79 Å². The number of halogens is 15. The van der Waals surface area contributed by atoms with Crippen molar-refractivity contribution >= 4 is 5.97 Å². The van der Waals surface area contributed by atoms with E-state index in [2.05, 4.69) is 0 Å². The fraction of sp³-hybridized carbons (Fsp3) is 0.750. The second kappa shape index (κ2) is 7.45. The molecule has 0 fully saturated rings. The minimum absolute atomic E-state index is 0.265. The minimum atomic E-state index is -8.33. The standard InChI is InChI=1S/C12H7F15O2/c13-6(14,4-2-1-3-5(28)29)7(15,16)8(17,18)9(19,20)10(21,22)11(23,24)12(25,26)27/h2,4H,1,3H2,(H,28,29)/b4-2+. The van der Waals surface area contributed by atoms with Crippen molar-refractivity contribution in [2.45, 2.75) is 54.6 Å². The normalized spacial score (nSPS) is 15.8. The first-order chi connectivity index (χ1) is 12.4. The summed E-state index contributed by atoms with van der Waals surface area (Å²) in [5.74, 6) is -48.6. The van der Waals surface area contributed by atoms with Crippen molar-refractivity contribution in [1.82, 2.24) is 0 Å². The number of carboxylic acids is 1. The van der Waals surface area contributed by atoms with Gasteiger partial charge in [-0.15, -0.1) is 0 Å². The van der Waals surface area contributed by atoms with Gasteiger partial charge in [0.25, 0.3) is 0 Å². The monoisotopic (exact) mass is 468 g/mol. The van der Waals surface area contributed by atoms with Crippen LogP contribution < -0.4 is 0 Å². The summed E-state index contributed by atoms with van der Waals surface area (Å²) in [4.78, 5) is 10.1. The lowest BCUT2D eigenvalue weighted by atomic mass is 9.91. The molecular formula is C12H7F15O2. The summed E-state index contributed by atoms with van der Waals surface area (Å²) in [6, 6.07) is 0. The molecule has 0 spiro atoms. The Morgan fingerprint density at radius 1 is 0.621 bits per heavy atom. The molecule has 0 rings (SSSR count). The molecule has 17 heteroatoms. The van der Waals surface area contributed by atoms with Crippen molar-refractivity contribution < 1.29 is 75.8 Å². The maximum atomic E-state index is 13.3. The van der Waals surface area contributed by atoms with Gasteiger partial charge in [0.2, 0.25) is 0 Å². The van der Waals surface area contributed by atoms with Gasteiger partial charge in [-0.25, -0.2) is 0 Å². The van der Waals surface area contributed by atoms with E-state index in [1.807, 2.05) is 0 Å². The maximum absolute atomic E-state index is 13.3. The molecule has 0 unspecified atom stereocenters. The summed E-state index contributed by atoms with van der Waals surface area (Å²) >= 11 is 0. The third-order valence-electron chi connectivity index (χ3n) is 3.20. The number of carbonyl (C=O) groups is 1. The molecule has 0 aliphatic carbocycles. The Morgan fingerprint density at radius 2 is 0.966 bits per heavy atom. The highest BCUT2D eigenvalue weighted by molar-refractivity contribution is 5.66. The van der Waals surface area contributed by atoms with Crippen LogP contribution in [0.25, 0.3) is 0 Å². The first-order valence-electron chi connectivity index (χ1n) is 6.65. The lowest BCUT2D eigenvalue weighted by molar-refractivity contribution is -0.449. The first kappa shape index (κ1) is 27.2. The third-order valence-corrected chi connectivity index (χ3v) is 3.20. The van der Waals surface area contributed by atoms with Crippen molar-refractivity contribution in [1.29, 1.82) is 0 Å². The van der Waals surface area contributed by atoms with Crippen LogP contribution in [0, 0.1) is 0 Å². The summed E-state index contributed by atoms with van der Waals surface area (Å²) in [7, 11) is 0.